The number of alkyl halides is 1. The summed E-state index contributed by atoms with van der Waals surface area (Å²) in [5, 5.41) is 30.3. The lowest BCUT2D eigenvalue weighted by Gasteiger charge is -2.33. The maximum absolute atomic E-state index is 12.5. The number of carboxylic acid groups (broad SMARTS) is 1. The maximum atomic E-state index is 12.5. The molecule has 0 radical (unpaired) electrons. The first-order chi connectivity index (χ1) is 13.7. The molecule has 0 amide bonds. The van der Waals surface area contributed by atoms with E-state index in [1.807, 2.05) is 0 Å². The summed E-state index contributed by atoms with van der Waals surface area (Å²) in [6, 6.07) is 7.76. The third-order valence-electron chi connectivity index (χ3n) is 5.11. The number of ether oxygens (including phenoxy) is 1. The van der Waals surface area contributed by atoms with Crippen molar-refractivity contribution in [3.63, 3.8) is 0 Å². The van der Waals surface area contributed by atoms with Crippen LogP contribution < -0.4 is 4.74 Å². The molecular formula is C22H27BrO6. The molecule has 3 N–H and O–H groups in total. The van der Waals surface area contributed by atoms with E-state index in [0.717, 1.165) is 31.8 Å². The van der Waals surface area contributed by atoms with E-state index in [1.54, 1.807) is 24.3 Å². The molecule has 2 rings (SSSR count). The Hall–Kier alpha value is -1.96. The normalized spacial score (nSPS) is 22.1. The Labute approximate surface area is 179 Å². The first kappa shape index (κ1) is 23.3. The largest absolute Gasteiger partial charge is 0.477 e. The van der Waals surface area contributed by atoms with Crippen molar-refractivity contribution in [2.45, 2.75) is 49.3 Å². The van der Waals surface area contributed by atoms with Gasteiger partial charge in [0, 0.05) is 0 Å². The van der Waals surface area contributed by atoms with Crippen LogP contribution in [0.4, 0.5) is 0 Å². The molecule has 3 atom stereocenters. The Balaban J connectivity index is 2.10. The minimum Gasteiger partial charge on any atom is -0.477 e. The van der Waals surface area contributed by atoms with Gasteiger partial charge in [-0.15, -0.1) is 0 Å². The van der Waals surface area contributed by atoms with Crippen LogP contribution in [0.5, 0.6) is 5.75 Å². The zero-order valence-electron chi connectivity index (χ0n) is 16.3. The highest BCUT2D eigenvalue weighted by atomic mass is 79.9. The van der Waals surface area contributed by atoms with Crippen LogP contribution in [0.15, 0.2) is 54.6 Å². The summed E-state index contributed by atoms with van der Waals surface area (Å²) in [5.41, 5.74) is 0. The summed E-state index contributed by atoms with van der Waals surface area (Å²) in [6.45, 7) is 2.08. The molecule has 6 nitrogen and oxygen atoms in total. The Kier molecular flexibility index (Phi) is 8.19. The Morgan fingerprint density at radius 1 is 1.21 bits per heavy atom. The molecule has 1 aromatic rings. The first-order valence-electron chi connectivity index (χ1n) is 9.71. The number of allylic oxidation sites excluding steroid dienone is 3. The quantitative estimate of drug-likeness (QED) is 0.209. The van der Waals surface area contributed by atoms with Gasteiger partial charge < -0.3 is 20.1 Å². The van der Waals surface area contributed by atoms with E-state index in [-0.39, 0.29) is 5.75 Å². The third-order valence-corrected chi connectivity index (χ3v) is 6.17. The number of carbonyl (C=O) groups excluding carboxylic acids is 1. The standard InChI is InChI=1S/C22H27BrO6/c1-2-3-9-16-10-7-11-17(16)12-8-15-19(24)22(27,28)21(23,20(25)26)29-18-13-5-4-6-14-18/h3-6,8-9,13-17,27-28H,2,7,10-12H2,1H3,(H,25,26)/t16-,17+,21?/m0/s1/i24+0,27+0,28+0. The minimum absolute atomic E-state index is 0.0625. The summed E-state index contributed by atoms with van der Waals surface area (Å²) in [5.74, 6) is -5.35. The molecule has 0 saturated heterocycles. The van der Waals surface area contributed by atoms with Crippen LogP contribution in [0.1, 0.15) is 39.0 Å². The van der Waals surface area contributed by atoms with Crippen molar-refractivity contribution in [3.05, 3.63) is 54.6 Å². The van der Waals surface area contributed by atoms with Crippen molar-refractivity contribution in [3.8, 4) is 5.75 Å². The van der Waals surface area contributed by atoms with Crippen molar-refractivity contribution in [1.29, 1.82) is 0 Å². The zero-order valence-corrected chi connectivity index (χ0v) is 17.9. The fraction of sp³-hybridized carbons (Fsp3) is 0.455. The summed E-state index contributed by atoms with van der Waals surface area (Å²) in [6.07, 6.45) is 11.8. The van der Waals surface area contributed by atoms with Crippen LogP contribution in [-0.4, -0.2) is 37.4 Å². The lowest BCUT2D eigenvalue weighted by molar-refractivity contribution is -0.223. The minimum atomic E-state index is -3.32. The average Bonchev–Trinajstić information content (AvgIpc) is 3.13. The van der Waals surface area contributed by atoms with Crippen molar-refractivity contribution >= 4 is 27.7 Å². The van der Waals surface area contributed by atoms with Crippen LogP contribution in [0, 0.1) is 11.8 Å². The summed E-state index contributed by atoms with van der Waals surface area (Å²) >= 11 is 2.72. The van der Waals surface area contributed by atoms with E-state index < -0.39 is 22.0 Å². The SMILES string of the molecule is CCC=C[C@H]1CCC[C@@H]1CC=CC(=[16O])C([16OH])([16OH])C(Br)(Oc1ccccc1)C(=O)O. The van der Waals surface area contributed by atoms with Gasteiger partial charge in [0.15, 0.2) is 0 Å². The Morgan fingerprint density at radius 3 is 2.52 bits per heavy atom. The molecule has 1 unspecified atom stereocenters. The van der Waals surface area contributed by atoms with Crippen LogP contribution in [0.25, 0.3) is 0 Å². The Morgan fingerprint density at radius 2 is 1.90 bits per heavy atom. The predicted molar refractivity (Wildman–Crippen MR) is 113 cm³/mol. The van der Waals surface area contributed by atoms with Gasteiger partial charge in [0.25, 0.3) is 5.79 Å². The molecule has 0 aliphatic heterocycles. The predicted octanol–water partition coefficient (Wildman–Crippen LogP) is 3.82. The second-order valence-electron chi connectivity index (χ2n) is 7.18. The van der Waals surface area contributed by atoms with E-state index in [2.05, 4.69) is 35.0 Å². The first-order valence-corrected chi connectivity index (χ1v) is 10.5. The zero-order chi connectivity index (χ0) is 21.5. The van der Waals surface area contributed by atoms with E-state index >= 15 is 0 Å². The summed E-state index contributed by atoms with van der Waals surface area (Å²) < 4.78 is 2.48. The van der Waals surface area contributed by atoms with Gasteiger partial charge in [-0.05, 0) is 71.7 Å². The number of aliphatic carboxylic acids is 1. The molecule has 1 saturated carbocycles. The number of ketones is 1. The molecular weight excluding hydrogens is 440 g/mol. The molecule has 1 aromatic carbocycles. The average molecular weight is 467 g/mol. The smallest absolute Gasteiger partial charge is 0.365 e. The van der Waals surface area contributed by atoms with Crippen LogP contribution in [0.2, 0.25) is 0 Å². The molecule has 1 fully saturated rings. The number of hydrogen-bond acceptors (Lipinski definition) is 5. The molecule has 1 aliphatic carbocycles. The molecule has 1 aliphatic rings. The molecule has 0 aromatic heterocycles. The van der Waals surface area contributed by atoms with Gasteiger partial charge in [0.1, 0.15) is 5.75 Å². The van der Waals surface area contributed by atoms with Crippen LogP contribution >= 0.6 is 15.9 Å². The van der Waals surface area contributed by atoms with E-state index in [1.165, 1.54) is 12.1 Å². The van der Waals surface area contributed by atoms with Gasteiger partial charge in [0.05, 0.1) is 0 Å². The number of carbonyl (C=O) groups is 2. The van der Waals surface area contributed by atoms with Crippen LogP contribution in [-0.2, 0) is 9.59 Å². The summed E-state index contributed by atoms with van der Waals surface area (Å²) in [4.78, 5) is 24.2. The van der Waals surface area contributed by atoms with Gasteiger partial charge >= 0.3 is 10.5 Å². The second-order valence-corrected chi connectivity index (χ2v) is 8.30. The number of rotatable bonds is 10. The molecule has 7 heteroatoms. The molecule has 0 bridgehead atoms. The lowest BCUT2D eigenvalue weighted by atomic mass is 9.91. The van der Waals surface area contributed by atoms with Gasteiger partial charge in [-0.1, -0.05) is 49.8 Å². The molecule has 29 heavy (non-hydrogen) atoms. The fourth-order valence-corrected chi connectivity index (χ4v) is 3.84. The molecule has 0 spiro atoms. The van der Waals surface area contributed by atoms with E-state index in [0.29, 0.717) is 18.3 Å². The van der Waals surface area contributed by atoms with Crippen LogP contribution in [0.3, 0.4) is 0 Å². The van der Waals surface area contributed by atoms with Gasteiger partial charge in [-0.25, -0.2) is 4.79 Å². The highest BCUT2D eigenvalue weighted by Crippen LogP contribution is 2.36. The van der Waals surface area contributed by atoms with Gasteiger partial charge in [0.2, 0.25) is 5.78 Å². The highest BCUT2D eigenvalue weighted by molar-refractivity contribution is 9.10. The van der Waals surface area contributed by atoms with Crippen molar-refractivity contribution < 1.29 is 29.6 Å². The monoisotopic (exact) mass is 466 g/mol. The Bertz CT molecular complexity index is 758. The third kappa shape index (κ3) is 5.56. The second kappa shape index (κ2) is 10.2. The van der Waals surface area contributed by atoms with Gasteiger partial charge in [-0.3, -0.25) is 4.79 Å². The van der Waals surface area contributed by atoms with Crippen molar-refractivity contribution in [2.75, 3.05) is 0 Å². The van der Waals surface area contributed by atoms with E-state index in [9.17, 15) is 24.9 Å². The number of para-hydroxylation sites is 1. The fourth-order valence-electron chi connectivity index (χ4n) is 3.46. The number of aliphatic hydroxyl groups is 2. The molecule has 158 valence electrons. The number of hydrogen-bond donors (Lipinski definition) is 3. The highest BCUT2D eigenvalue weighted by Gasteiger charge is 2.61. The summed E-state index contributed by atoms with van der Waals surface area (Å²) in [7, 11) is 0. The number of carboxylic acids is 1. The number of benzene rings is 1. The maximum Gasteiger partial charge on any atom is 0.365 e. The van der Waals surface area contributed by atoms with Crippen molar-refractivity contribution in [2.24, 2.45) is 11.8 Å². The van der Waals surface area contributed by atoms with Crippen molar-refractivity contribution in [1.82, 2.24) is 0 Å². The topological polar surface area (TPSA) is 104 Å². The van der Waals surface area contributed by atoms with Gasteiger partial charge in [-0.2, -0.15) is 0 Å². The van der Waals surface area contributed by atoms with E-state index in [4.69, 9.17) is 4.74 Å². The number of halogens is 1. The lowest BCUT2D eigenvalue weighted by Crippen LogP contribution is -2.62. The molecule has 0 heterocycles.